The Morgan fingerprint density at radius 1 is 1.33 bits per heavy atom. The van der Waals surface area contributed by atoms with Crippen LogP contribution in [0.5, 0.6) is 0 Å². The van der Waals surface area contributed by atoms with Crippen LogP contribution in [0.4, 0.5) is 0 Å². The highest BCUT2D eigenvalue weighted by Crippen LogP contribution is 2.47. The molecule has 0 aromatic carbocycles. The Bertz CT molecular complexity index is 277. The number of nitrogens with zero attached hydrogens (tertiary/aromatic N) is 1. The van der Waals surface area contributed by atoms with Gasteiger partial charge >= 0.3 is 5.97 Å². The zero-order valence-electron chi connectivity index (χ0n) is 11.4. The van der Waals surface area contributed by atoms with Crippen LogP contribution < -0.4 is 0 Å². The van der Waals surface area contributed by atoms with Crippen LogP contribution in [0.1, 0.15) is 51.9 Å². The monoisotopic (exact) mass is 275 g/mol. The summed E-state index contributed by atoms with van der Waals surface area (Å²) < 4.78 is 0. The molecule has 1 aliphatic heterocycles. The van der Waals surface area contributed by atoms with E-state index >= 15 is 0 Å². The summed E-state index contributed by atoms with van der Waals surface area (Å²) in [5.74, 6) is -0.675. The average Bonchev–Trinajstić information content (AvgIpc) is 2.66. The van der Waals surface area contributed by atoms with E-state index in [0.717, 1.165) is 32.5 Å². The molecule has 1 aliphatic carbocycles. The molecule has 0 bridgehead atoms. The number of carbonyl (C=O) groups is 1. The molecule has 4 heteroatoms. The summed E-state index contributed by atoms with van der Waals surface area (Å²) >= 11 is 0. The quantitative estimate of drug-likeness (QED) is 0.857. The maximum Gasteiger partial charge on any atom is 0.308 e. The van der Waals surface area contributed by atoms with E-state index in [4.69, 9.17) is 0 Å². The molecule has 0 aromatic rings. The molecule has 0 aromatic heterocycles. The molecule has 1 unspecified atom stereocenters. The molecule has 0 amide bonds. The first-order valence-corrected chi connectivity index (χ1v) is 7.13. The number of likely N-dealkylation sites (tertiary alicyclic amines) is 1. The summed E-state index contributed by atoms with van der Waals surface area (Å²) in [5, 5.41) is 9.45. The van der Waals surface area contributed by atoms with Crippen LogP contribution in [0.2, 0.25) is 0 Å². The number of halogens is 1. The van der Waals surface area contributed by atoms with E-state index < -0.39 is 5.97 Å². The van der Waals surface area contributed by atoms with Gasteiger partial charge in [-0.25, -0.2) is 0 Å². The molecule has 1 saturated carbocycles. The highest BCUT2D eigenvalue weighted by Gasteiger charge is 2.49. The smallest absolute Gasteiger partial charge is 0.308 e. The van der Waals surface area contributed by atoms with Crippen LogP contribution in [-0.4, -0.2) is 35.6 Å². The van der Waals surface area contributed by atoms with Crippen molar-refractivity contribution in [1.29, 1.82) is 0 Å². The highest BCUT2D eigenvalue weighted by molar-refractivity contribution is 5.85. The third-order valence-electron chi connectivity index (χ3n) is 4.69. The number of carboxylic acid groups (broad SMARTS) is 1. The van der Waals surface area contributed by atoms with Gasteiger partial charge in [-0.2, -0.15) is 0 Å². The maximum atomic E-state index is 11.5. The zero-order chi connectivity index (χ0) is 12.3. The van der Waals surface area contributed by atoms with Crippen molar-refractivity contribution >= 4 is 18.4 Å². The Kier molecular flexibility index (Phi) is 5.93. The lowest BCUT2D eigenvalue weighted by Crippen LogP contribution is -2.36. The number of hydrogen-bond acceptors (Lipinski definition) is 2. The van der Waals surface area contributed by atoms with Crippen molar-refractivity contribution < 1.29 is 9.90 Å². The van der Waals surface area contributed by atoms with Gasteiger partial charge < -0.3 is 10.0 Å². The van der Waals surface area contributed by atoms with Gasteiger partial charge in [0.2, 0.25) is 0 Å². The first-order chi connectivity index (χ1) is 8.18. The molecule has 1 atom stereocenters. The van der Waals surface area contributed by atoms with E-state index in [2.05, 4.69) is 11.8 Å². The Labute approximate surface area is 116 Å². The van der Waals surface area contributed by atoms with Crippen LogP contribution in [0.25, 0.3) is 0 Å². The van der Waals surface area contributed by atoms with E-state index in [1.807, 2.05) is 0 Å². The topological polar surface area (TPSA) is 40.5 Å². The Morgan fingerprint density at radius 3 is 2.56 bits per heavy atom. The van der Waals surface area contributed by atoms with Gasteiger partial charge in [-0.05, 0) is 31.2 Å². The molecular weight excluding hydrogens is 250 g/mol. The van der Waals surface area contributed by atoms with E-state index in [1.54, 1.807) is 0 Å². The number of hydrogen-bond donors (Lipinski definition) is 1. The second-order valence-corrected chi connectivity index (χ2v) is 5.90. The zero-order valence-corrected chi connectivity index (χ0v) is 12.2. The largest absolute Gasteiger partial charge is 0.481 e. The summed E-state index contributed by atoms with van der Waals surface area (Å²) in [5.41, 5.74) is 0.109. The van der Waals surface area contributed by atoms with Crippen molar-refractivity contribution in [3.63, 3.8) is 0 Å². The predicted molar refractivity (Wildman–Crippen MR) is 75.2 cm³/mol. The van der Waals surface area contributed by atoms with E-state index in [-0.39, 0.29) is 23.7 Å². The van der Waals surface area contributed by atoms with Crippen LogP contribution in [-0.2, 0) is 4.79 Å². The van der Waals surface area contributed by atoms with Gasteiger partial charge in [-0.15, -0.1) is 12.4 Å². The number of aliphatic carboxylic acids is 1. The maximum absolute atomic E-state index is 11.5. The van der Waals surface area contributed by atoms with Gasteiger partial charge in [0.05, 0.1) is 5.92 Å². The molecule has 1 N–H and O–H groups in total. The second kappa shape index (κ2) is 6.76. The normalized spacial score (nSPS) is 27.1. The summed E-state index contributed by atoms with van der Waals surface area (Å²) in [6.07, 6.45) is 8.41. The standard InChI is InChI=1S/C14H25NO2.ClH/c1-2-3-9-15-10-12(13(16)17)14(11-15)7-5-4-6-8-14;/h12H,2-11H2,1H3,(H,16,17);1H. The molecule has 18 heavy (non-hydrogen) atoms. The molecule has 2 rings (SSSR count). The van der Waals surface area contributed by atoms with Crippen LogP contribution in [0.15, 0.2) is 0 Å². The Morgan fingerprint density at radius 2 is 2.00 bits per heavy atom. The third-order valence-corrected chi connectivity index (χ3v) is 4.69. The minimum Gasteiger partial charge on any atom is -0.481 e. The summed E-state index contributed by atoms with van der Waals surface area (Å²) in [4.78, 5) is 13.9. The second-order valence-electron chi connectivity index (χ2n) is 5.90. The van der Waals surface area contributed by atoms with Crippen molar-refractivity contribution in [3.05, 3.63) is 0 Å². The summed E-state index contributed by atoms with van der Waals surface area (Å²) in [6.45, 7) is 5.10. The van der Waals surface area contributed by atoms with Crippen molar-refractivity contribution in [2.24, 2.45) is 11.3 Å². The van der Waals surface area contributed by atoms with Gasteiger partial charge in [-0.3, -0.25) is 4.79 Å². The fraction of sp³-hybridized carbons (Fsp3) is 0.929. The van der Waals surface area contributed by atoms with Crippen LogP contribution in [0.3, 0.4) is 0 Å². The van der Waals surface area contributed by atoms with Crippen molar-refractivity contribution in [3.8, 4) is 0 Å². The Hall–Kier alpha value is -0.280. The molecule has 0 radical (unpaired) electrons. The highest BCUT2D eigenvalue weighted by atomic mass is 35.5. The minimum absolute atomic E-state index is 0. The Balaban J connectivity index is 0.00000162. The van der Waals surface area contributed by atoms with Crippen LogP contribution >= 0.6 is 12.4 Å². The van der Waals surface area contributed by atoms with Crippen molar-refractivity contribution in [2.45, 2.75) is 51.9 Å². The minimum atomic E-state index is -0.564. The molecule has 2 fully saturated rings. The lowest BCUT2D eigenvalue weighted by Gasteiger charge is -2.36. The molecule has 2 aliphatic rings. The number of unbranched alkanes of at least 4 members (excludes halogenated alkanes) is 1. The summed E-state index contributed by atoms with van der Waals surface area (Å²) in [7, 11) is 0. The van der Waals surface area contributed by atoms with Gasteiger partial charge in [0, 0.05) is 13.1 Å². The van der Waals surface area contributed by atoms with Crippen LogP contribution in [0, 0.1) is 11.3 Å². The van der Waals surface area contributed by atoms with Gasteiger partial charge in [0.25, 0.3) is 0 Å². The van der Waals surface area contributed by atoms with Crippen molar-refractivity contribution in [1.82, 2.24) is 4.90 Å². The predicted octanol–water partition coefficient (Wildman–Crippen LogP) is 3.18. The number of rotatable bonds is 4. The van der Waals surface area contributed by atoms with E-state index in [1.165, 1.54) is 32.1 Å². The molecule has 1 saturated heterocycles. The third kappa shape index (κ3) is 3.18. The lowest BCUT2D eigenvalue weighted by atomic mass is 9.68. The van der Waals surface area contributed by atoms with E-state index in [0.29, 0.717) is 0 Å². The SMILES string of the molecule is CCCCN1CC(C(=O)O)C2(CCCCC2)C1.Cl. The average molecular weight is 276 g/mol. The van der Waals surface area contributed by atoms with Gasteiger partial charge in [-0.1, -0.05) is 32.6 Å². The molecular formula is C14H26ClNO2. The molecule has 1 heterocycles. The van der Waals surface area contributed by atoms with E-state index in [9.17, 15) is 9.90 Å². The fourth-order valence-corrected chi connectivity index (χ4v) is 3.73. The molecule has 3 nitrogen and oxygen atoms in total. The van der Waals surface area contributed by atoms with Gasteiger partial charge in [0.15, 0.2) is 0 Å². The number of carboxylic acids is 1. The lowest BCUT2D eigenvalue weighted by molar-refractivity contribution is -0.145. The summed E-state index contributed by atoms with van der Waals surface area (Å²) in [6, 6.07) is 0. The first-order valence-electron chi connectivity index (χ1n) is 7.13. The first kappa shape index (κ1) is 15.8. The van der Waals surface area contributed by atoms with Crippen molar-refractivity contribution in [2.75, 3.05) is 19.6 Å². The molecule has 1 spiro atoms. The molecule has 106 valence electrons. The van der Waals surface area contributed by atoms with Gasteiger partial charge in [0.1, 0.15) is 0 Å². The fourth-order valence-electron chi connectivity index (χ4n) is 3.73.